The van der Waals surface area contributed by atoms with Crippen LogP contribution in [0.15, 0.2) is 41.1 Å². The van der Waals surface area contributed by atoms with E-state index in [0.717, 1.165) is 29.7 Å². The lowest BCUT2D eigenvalue weighted by Crippen LogP contribution is -2.18. The largest absolute Gasteiger partial charge is 0.339 e. The average molecular weight is 336 g/mol. The number of carbonyl (C=O) groups excluding carboxylic acids is 1. The third kappa shape index (κ3) is 3.33. The van der Waals surface area contributed by atoms with Crippen molar-refractivity contribution in [3.63, 3.8) is 0 Å². The first-order valence-electron chi connectivity index (χ1n) is 8.46. The summed E-state index contributed by atoms with van der Waals surface area (Å²) in [5.41, 5.74) is 3.53. The summed E-state index contributed by atoms with van der Waals surface area (Å²) < 4.78 is 7.12. The van der Waals surface area contributed by atoms with Crippen molar-refractivity contribution in [2.75, 3.05) is 5.32 Å². The molecule has 0 aliphatic heterocycles. The van der Waals surface area contributed by atoms with Crippen molar-refractivity contribution < 1.29 is 9.32 Å². The minimum atomic E-state index is -0.149. The Bertz CT molecular complexity index is 921. The first-order chi connectivity index (χ1) is 12.1. The van der Waals surface area contributed by atoms with Crippen LogP contribution in [-0.2, 0) is 6.54 Å². The zero-order valence-electron chi connectivity index (χ0n) is 14.3. The van der Waals surface area contributed by atoms with Crippen LogP contribution in [-0.4, -0.2) is 20.6 Å². The Balaban J connectivity index is 1.51. The summed E-state index contributed by atoms with van der Waals surface area (Å²) in [5.74, 6) is 1.59. The summed E-state index contributed by atoms with van der Waals surface area (Å²) in [4.78, 5) is 17.1. The van der Waals surface area contributed by atoms with Crippen molar-refractivity contribution in [2.45, 2.75) is 39.2 Å². The molecule has 0 unspecified atom stereocenters. The summed E-state index contributed by atoms with van der Waals surface area (Å²) in [6.45, 7) is 4.40. The van der Waals surface area contributed by atoms with E-state index >= 15 is 0 Å². The monoisotopic (exact) mass is 336 g/mol. The van der Waals surface area contributed by atoms with Gasteiger partial charge in [0.15, 0.2) is 5.82 Å². The maximum Gasteiger partial charge on any atom is 0.272 e. The molecule has 1 amide bonds. The predicted molar refractivity (Wildman–Crippen MR) is 93.7 cm³/mol. The van der Waals surface area contributed by atoms with E-state index in [1.807, 2.05) is 48.9 Å². The van der Waals surface area contributed by atoms with Gasteiger partial charge in [-0.05, 0) is 56.0 Å². The zero-order valence-corrected chi connectivity index (χ0v) is 14.3. The molecule has 0 radical (unpaired) electrons. The van der Waals surface area contributed by atoms with Gasteiger partial charge in [-0.25, -0.2) is 0 Å². The van der Waals surface area contributed by atoms with Gasteiger partial charge in [-0.2, -0.15) is 4.98 Å². The topological polar surface area (TPSA) is 73.0 Å². The number of anilines is 1. The van der Waals surface area contributed by atoms with Gasteiger partial charge >= 0.3 is 0 Å². The molecule has 1 aliphatic rings. The first-order valence-corrected chi connectivity index (χ1v) is 8.46. The number of rotatable bonds is 5. The number of carbonyl (C=O) groups is 1. The van der Waals surface area contributed by atoms with Crippen molar-refractivity contribution in [2.24, 2.45) is 0 Å². The van der Waals surface area contributed by atoms with E-state index in [4.69, 9.17) is 4.52 Å². The summed E-state index contributed by atoms with van der Waals surface area (Å²) in [7, 11) is 0. The number of amides is 1. The molecular formula is C19H20N4O2. The second-order valence-electron chi connectivity index (χ2n) is 6.62. The molecular weight excluding hydrogens is 316 g/mol. The fourth-order valence-electron chi connectivity index (χ4n) is 2.80. The molecule has 0 atom stereocenters. The first kappa shape index (κ1) is 15.6. The lowest BCUT2D eigenvalue weighted by atomic mass is 10.1. The van der Waals surface area contributed by atoms with Crippen molar-refractivity contribution in [3.05, 3.63) is 65.1 Å². The number of nitrogens with zero attached hydrogens (tertiary/aromatic N) is 3. The molecule has 6 heteroatoms. The van der Waals surface area contributed by atoms with Gasteiger partial charge in [-0.3, -0.25) is 4.79 Å². The van der Waals surface area contributed by atoms with Gasteiger partial charge in [0.2, 0.25) is 5.89 Å². The summed E-state index contributed by atoms with van der Waals surface area (Å²) in [6.07, 6.45) is 4.09. The molecule has 1 aromatic carbocycles. The van der Waals surface area contributed by atoms with Crippen LogP contribution >= 0.6 is 0 Å². The number of benzene rings is 1. The maximum absolute atomic E-state index is 12.7. The number of aryl methyl sites for hydroxylation is 2. The summed E-state index contributed by atoms with van der Waals surface area (Å²) in [5, 5.41) is 7.01. The van der Waals surface area contributed by atoms with Gasteiger partial charge in [-0.1, -0.05) is 17.3 Å². The minimum Gasteiger partial charge on any atom is -0.339 e. The Hall–Kier alpha value is -2.89. The predicted octanol–water partition coefficient (Wildman–Crippen LogP) is 3.67. The van der Waals surface area contributed by atoms with Crippen LogP contribution in [0.25, 0.3) is 0 Å². The lowest BCUT2D eigenvalue weighted by molar-refractivity contribution is 0.101. The Morgan fingerprint density at radius 3 is 2.96 bits per heavy atom. The average Bonchev–Trinajstić information content (AvgIpc) is 3.15. The minimum absolute atomic E-state index is 0.149. The second kappa shape index (κ2) is 6.20. The van der Waals surface area contributed by atoms with Gasteiger partial charge in [0, 0.05) is 17.8 Å². The van der Waals surface area contributed by atoms with Crippen molar-refractivity contribution >= 4 is 11.6 Å². The normalized spacial score (nSPS) is 13.8. The van der Waals surface area contributed by atoms with Crippen LogP contribution in [0.5, 0.6) is 0 Å². The summed E-state index contributed by atoms with van der Waals surface area (Å²) in [6, 6.07) is 9.65. The third-order valence-corrected chi connectivity index (χ3v) is 4.43. The van der Waals surface area contributed by atoms with Crippen LogP contribution in [0.4, 0.5) is 5.69 Å². The van der Waals surface area contributed by atoms with Gasteiger partial charge in [0.1, 0.15) is 5.69 Å². The highest BCUT2D eigenvalue weighted by molar-refractivity contribution is 6.03. The standard InChI is InChI=1S/C19H20N4O2/c1-12-5-6-13(2)15(10-12)20-18(24)16-4-3-9-23(16)11-17-21-19(25-22-17)14-7-8-14/h3-6,9-10,14H,7-8,11H2,1-2H3,(H,20,24). The molecule has 2 heterocycles. The van der Waals surface area contributed by atoms with E-state index < -0.39 is 0 Å². The molecule has 4 rings (SSSR count). The molecule has 1 saturated carbocycles. The Morgan fingerprint density at radius 1 is 1.32 bits per heavy atom. The Morgan fingerprint density at radius 2 is 2.16 bits per heavy atom. The fraction of sp³-hybridized carbons (Fsp3) is 0.316. The van der Waals surface area contributed by atoms with E-state index in [0.29, 0.717) is 29.9 Å². The zero-order chi connectivity index (χ0) is 17.4. The molecule has 1 N–H and O–H groups in total. The van der Waals surface area contributed by atoms with E-state index in [9.17, 15) is 4.79 Å². The fourth-order valence-corrected chi connectivity index (χ4v) is 2.80. The maximum atomic E-state index is 12.7. The molecule has 128 valence electrons. The van der Waals surface area contributed by atoms with Gasteiger partial charge in [0.05, 0.1) is 6.54 Å². The molecule has 25 heavy (non-hydrogen) atoms. The number of aromatic nitrogens is 3. The van der Waals surface area contributed by atoms with Crippen LogP contribution < -0.4 is 5.32 Å². The van der Waals surface area contributed by atoms with Gasteiger partial charge in [0.25, 0.3) is 5.91 Å². The van der Waals surface area contributed by atoms with Crippen LogP contribution in [0.3, 0.4) is 0 Å². The Kier molecular flexibility index (Phi) is 3.87. The van der Waals surface area contributed by atoms with Crippen LogP contribution in [0.2, 0.25) is 0 Å². The quantitative estimate of drug-likeness (QED) is 0.771. The second-order valence-corrected chi connectivity index (χ2v) is 6.62. The van der Waals surface area contributed by atoms with Crippen molar-refractivity contribution in [3.8, 4) is 0 Å². The highest BCUT2D eigenvalue weighted by atomic mass is 16.5. The van der Waals surface area contributed by atoms with Crippen LogP contribution in [0, 0.1) is 13.8 Å². The van der Waals surface area contributed by atoms with E-state index in [1.165, 1.54) is 0 Å². The van der Waals surface area contributed by atoms with E-state index in [-0.39, 0.29) is 5.91 Å². The Labute approximate surface area is 145 Å². The van der Waals surface area contributed by atoms with Crippen molar-refractivity contribution in [1.82, 2.24) is 14.7 Å². The van der Waals surface area contributed by atoms with E-state index in [2.05, 4.69) is 15.5 Å². The van der Waals surface area contributed by atoms with Gasteiger partial charge < -0.3 is 14.4 Å². The SMILES string of the molecule is Cc1ccc(C)c(NC(=O)c2cccn2Cc2noc(C3CC3)n2)c1. The molecule has 2 aromatic heterocycles. The highest BCUT2D eigenvalue weighted by Crippen LogP contribution is 2.38. The summed E-state index contributed by atoms with van der Waals surface area (Å²) >= 11 is 0. The number of hydrogen-bond acceptors (Lipinski definition) is 4. The number of hydrogen-bond donors (Lipinski definition) is 1. The molecule has 0 bridgehead atoms. The van der Waals surface area contributed by atoms with Crippen molar-refractivity contribution in [1.29, 1.82) is 0 Å². The third-order valence-electron chi connectivity index (χ3n) is 4.43. The lowest BCUT2D eigenvalue weighted by Gasteiger charge is -2.11. The molecule has 1 aliphatic carbocycles. The van der Waals surface area contributed by atoms with Crippen LogP contribution in [0.1, 0.15) is 52.1 Å². The highest BCUT2D eigenvalue weighted by Gasteiger charge is 2.29. The molecule has 0 saturated heterocycles. The van der Waals surface area contributed by atoms with Gasteiger partial charge in [-0.15, -0.1) is 0 Å². The smallest absolute Gasteiger partial charge is 0.272 e. The molecule has 3 aromatic rings. The molecule has 0 spiro atoms. The molecule has 6 nitrogen and oxygen atoms in total. The molecule has 1 fully saturated rings. The number of nitrogens with one attached hydrogen (secondary N) is 1. The van der Waals surface area contributed by atoms with E-state index in [1.54, 1.807) is 6.07 Å².